The molecule has 0 amide bonds. The fourth-order valence-electron chi connectivity index (χ4n) is 10.4. The minimum absolute atomic E-state index is 0.113. The van der Waals surface area contributed by atoms with Crippen molar-refractivity contribution < 1.29 is 97.9 Å². The fraction of sp³-hybridized carbons (Fsp3) is 0.235. The van der Waals surface area contributed by atoms with Crippen LogP contribution in [0.15, 0.2) is 170 Å². The number of aliphatic hydroxyl groups excluding tert-OH is 4. The summed E-state index contributed by atoms with van der Waals surface area (Å²) in [7, 11) is 0. The summed E-state index contributed by atoms with van der Waals surface area (Å²) < 4.78 is 43.1. The average Bonchev–Trinajstić information content (AvgIpc) is 1.43. The van der Waals surface area contributed by atoms with Crippen molar-refractivity contribution >= 4 is 24.9 Å². The van der Waals surface area contributed by atoms with Crippen LogP contribution in [-0.4, -0.2) is 90.2 Å². The molecule has 0 radical (unpaired) electrons. The van der Waals surface area contributed by atoms with Gasteiger partial charge in [0.1, 0.15) is 95.1 Å². The summed E-state index contributed by atoms with van der Waals surface area (Å²) in [6, 6.07) is 47.8. The van der Waals surface area contributed by atoms with E-state index >= 15 is 0 Å². The molecular weight excluding hydrogens is 1140 g/mol. The van der Waals surface area contributed by atoms with Gasteiger partial charge in [0.05, 0.1) is 24.4 Å². The lowest BCUT2D eigenvalue weighted by molar-refractivity contribution is -0.132. The molecule has 12 rings (SSSR count). The third kappa shape index (κ3) is 16.2. The van der Waals surface area contributed by atoms with Gasteiger partial charge < -0.3 is 78.7 Å². The number of rotatable bonds is 12. The number of phenols is 4. The lowest BCUT2D eigenvalue weighted by Crippen LogP contribution is -2.30. The van der Waals surface area contributed by atoms with Crippen molar-refractivity contribution in [3.63, 3.8) is 0 Å². The predicted molar refractivity (Wildman–Crippen MR) is 315 cm³/mol. The molecule has 8 N–H and O–H groups in total. The molecule has 8 atom stereocenters. The summed E-state index contributed by atoms with van der Waals surface area (Å²) in [6.07, 6.45) is -3.27. The van der Waals surface area contributed by atoms with Gasteiger partial charge in [0.2, 0.25) is 0 Å². The quantitative estimate of drug-likeness (QED) is 0.0321. The van der Waals surface area contributed by atoms with Crippen molar-refractivity contribution in [2.24, 2.45) is 0 Å². The Kier molecular flexibility index (Phi) is 20.5. The zero-order valence-corrected chi connectivity index (χ0v) is 47.7. The van der Waals surface area contributed by atoms with Crippen LogP contribution in [0.4, 0.5) is 0 Å². The number of carbonyl (C=O) groups excluding carboxylic acids is 4. The van der Waals surface area contributed by atoms with Crippen LogP contribution in [0.3, 0.4) is 0 Å². The minimum atomic E-state index is -0.725. The number of aliphatic hydroxyl groups is 4. The van der Waals surface area contributed by atoms with Gasteiger partial charge in [-0.25, -0.2) is 0 Å². The van der Waals surface area contributed by atoms with E-state index < -0.39 is 60.8 Å². The summed E-state index contributed by atoms with van der Waals surface area (Å²) in [5, 5.41) is 79.3. The van der Waals surface area contributed by atoms with Gasteiger partial charge in [-0.15, -0.1) is 0 Å². The second kappa shape index (κ2) is 28.8. The van der Waals surface area contributed by atoms with Crippen LogP contribution >= 0.6 is 0 Å². The molecule has 8 aromatic carbocycles. The van der Waals surface area contributed by atoms with E-state index in [1.54, 1.807) is 127 Å². The molecule has 20 heteroatoms. The smallest absolute Gasteiger partial charge is 0.308 e. The van der Waals surface area contributed by atoms with Gasteiger partial charge >= 0.3 is 11.9 Å². The minimum Gasteiger partial charge on any atom is -0.508 e. The topological polar surface area (TPSA) is 304 Å². The number of fused-ring (bicyclic) bond motifs is 4. The number of phenolic OH excluding ortho intramolecular Hbond substituents is 4. The molecule has 20 nitrogen and oxygen atoms in total. The maximum Gasteiger partial charge on any atom is 0.308 e. The Morgan fingerprint density at radius 1 is 0.398 bits per heavy atom. The fourth-order valence-corrected chi connectivity index (χ4v) is 10.4. The first-order chi connectivity index (χ1) is 42.4. The maximum atomic E-state index is 11.1. The molecule has 456 valence electrons. The molecule has 4 aliphatic heterocycles. The first-order valence-electron chi connectivity index (χ1n) is 27.9. The van der Waals surface area contributed by atoms with Gasteiger partial charge in [-0.05, 0) is 128 Å². The van der Waals surface area contributed by atoms with Crippen molar-refractivity contribution in [2.45, 2.75) is 102 Å². The van der Waals surface area contributed by atoms with E-state index in [4.69, 9.17) is 37.9 Å². The third-order valence-electron chi connectivity index (χ3n) is 14.4. The number of hydrogen-bond acceptors (Lipinski definition) is 20. The number of aromatic hydroxyl groups is 4. The highest BCUT2D eigenvalue weighted by molar-refractivity contribution is 5.70. The third-order valence-corrected chi connectivity index (χ3v) is 14.4. The molecule has 0 saturated heterocycles. The number of hydrogen-bond donors (Lipinski definition) is 8. The number of carbonyl (C=O) groups is 4. The largest absolute Gasteiger partial charge is 0.508 e. The van der Waals surface area contributed by atoms with E-state index in [1.165, 1.54) is 26.0 Å². The van der Waals surface area contributed by atoms with E-state index in [9.17, 15) is 60.0 Å². The Balaban J connectivity index is 0.000000140. The molecule has 0 spiro atoms. The number of esters is 2. The van der Waals surface area contributed by atoms with E-state index in [2.05, 4.69) is 0 Å². The summed E-state index contributed by atoms with van der Waals surface area (Å²) in [5.74, 6) is 2.92. The average molecular weight is 1200 g/mol. The first-order valence-corrected chi connectivity index (χ1v) is 27.9. The molecule has 8 aromatic rings. The summed E-state index contributed by atoms with van der Waals surface area (Å²) in [6.45, 7) is 3.80. The highest BCUT2D eigenvalue weighted by Gasteiger charge is 2.34. The highest BCUT2D eigenvalue weighted by atomic mass is 16.5. The Bertz CT molecular complexity index is 3750. The van der Waals surface area contributed by atoms with Crippen molar-refractivity contribution in [1.82, 2.24) is 0 Å². The summed E-state index contributed by atoms with van der Waals surface area (Å²) in [4.78, 5) is 42.8. The molecule has 4 heterocycles. The normalized spacial score (nSPS) is 19.9. The molecule has 0 saturated carbocycles. The van der Waals surface area contributed by atoms with Crippen molar-refractivity contribution in [3.05, 3.63) is 225 Å². The van der Waals surface area contributed by atoms with Crippen LogP contribution in [-0.2, 0) is 67.5 Å². The zero-order valence-electron chi connectivity index (χ0n) is 47.7. The SMILES string of the molecule is CC(=O)Oc1cccc([C@H]2Oc3cc(COC=O)ccc3C[C@H]2O)c1.CC(=O)Oc1cccc([C@H]2Oc3cc(O)ccc3C[C@H]2O)c1.O=COCc1ccc2c(c1)O[C@H](c1cccc(O)c1)[C@H](O)C2.Oc1cccc([C@H]2Oc3cc(O)ccc3C[C@H]2O)c1. The summed E-state index contributed by atoms with van der Waals surface area (Å²) >= 11 is 0. The van der Waals surface area contributed by atoms with Crippen molar-refractivity contribution in [2.75, 3.05) is 0 Å². The van der Waals surface area contributed by atoms with Gasteiger partial charge in [-0.1, -0.05) is 84.9 Å². The van der Waals surface area contributed by atoms with E-state index in [-0.39, 0.29) is 36.2 Å². The molecular formula is C68H64O20. The first kappa shape index (κ1) is 62.4. The van der Waals surface area contributed by atoms with Gasteiger partial charge in [-0.2, -0.15) is 0 Å². The van der Waals surface area contributed by atoms with Crippen LogP contribution in [0, 0.1) is 0 Å². The number of ether oxygens (including phenoxy) is 8. The second-order valence-corrected chi connectivity index (χ2v) is 21.0. The maximum absolute atomic E-state index is 11.1. The molecule has 0 fully saturated rings. The Morgan fingerprint density at radius 3 is 1.01 bits per heavy atom. The summed E-state index contributed by atoms with van der Waals surface area (Å²) in [5.41, 5.74) is 7.96. The van der Waals surface area contributed by atoms with Crippen LogP contribution in [0.2, 0.25) is 0 Å². The zero-order chi connectivity index (χ0) is 62.4. The molecule has 0 bridgehead atoms. The van der Waals surface area contributed by atoms with Gasteiger partial charge in [0.15, 0.2) is 0 Å². The second-order valence-electron chi connectivity index (χ2n) is 21.0. The molecule has 4 aliphatic rings. The number of benzene rings is 8. The molecule has 0 unspecified atom stereocenters. The highest BCUT2D eigenvalue weighted by Crippen LogP contribution is 2.41. The van der Waals surface area contributed by atoms with Gasteiger partial charge in [-0.3, -0.25) is 19.2 Å². The predicted octanol–water partition coefficient (Wildman–Crippen LogP) is 8.91. The molecule has 0 aromatic heterocycles. The van der Waals surface area contributed by atoms with Crippen LogP contribution in [0.1, 0.15) is 93.9 Å². The molecule has 0 aliphatic carbocycles. The lowest BCUT2D eigenvalue weighted by Gasteiger charge is -2.31. The van der Waals surface area contributed by atoms with Crippen LogP contribution in [0.25, 0.3) is 0 Å². The van der Waals surface area contributed by atoms with Crippen molar-refractivity contribution in [1.29, 1.82) is 0 Å². The lowest BCUT2D eigenvalue weighted by atomic mass is 9.94. The van der Waals surface area contributed by atoms with Crippen LogP contribution < -0.4 is 28.4 Å². The standard InChI is InChI=1S/C19H18O6.2C17H16O5.C15H14O4/c1-12(21)24-16-4-2-3-15(8-16)19-17(22)9-14-6-5-13(10-23-11-20)7-18(14)25-19;1-10(18)21-14-4-2-3-12(7-14)17-15(20)8-11-5-6-13(19)9-16(11)22-17;18-10-21-9-11-4-5-12-8-15(20)17(22-16(12)6-11)13-2-1-3-14(19)7-13;16-11-3-1-2-10(6-11)15-13(18)7-9-4-5-12(17)8-14(9)19-15/h2-8,11,17,19,22H,9-10H2,1H3;2-7,9,15,17,19-20H,8H2,1H3;1-7,10,15,17,19-20H,8-9H2;1-6,8,13,15-18H,7H2/t17-,19-;2*15-,17-;13-,15-/m1111/s1. The van der Waals surface area contributed by atoms with E-state index in [1.807, 2.05) is 30.3 Å². The Labute approximate surface area is 505 Å². The van der Waals surface area contributed by atoms with Gasteiger partial charge in [0.25, 0.3) is 12.9 Å². The molecule has 88 heavy (non-hydrogen) atoms. The van der Waals surface area contributed by atoms with Gasteiger partial charge in [0, 0.05) is 51.7 Å². The monoisotopic (exact) mass is 1200 g/mol. The van der Waals surface area contributed by atoms with E-state index in [0.29, 0.717) is 95.4 Å². The Hall–Kier alpha value is -10.1. The van der Waals surface area contributed by atoms with E-state index in [0.717, 1.165) is 33.4 Å². The Morgan fingerprint density at radius 2 is 0.693 bits per heavy atom. The van der Waals surface area contributed by atoms with Crippen molar-refractivity contribution in [3.8, 4) is 57.5 Å². The van der Waals surface area contributed by atoms with Crippen LogP contribution in [0.5, 0.6) is 57.5 Å².